The van der Waals surface area contributed by atoms with E-state index in [9.17, 15) is 9.59 Å². The third kappa shape index (κ3) is 4.79. The fourth-order valence-corrected chi connectivity index (χ4v) is 3.07. The lowest BCUT2D eigenvalue weighted by atomic mass is 9.85. The molecule has 1 saturated carbocycles. The van der Waals surface area contributed by atoms with Gasteiger partial charge in [0.05, 0.1) is 6.54 Å². The zero-order chi connectivity index (χ0) is 17.5. The quantitative estimate of drug-likeness (QED) is 0.720. The molecule has 1 fully saturated rings. The Morgan fingerprint density at radius 3 is 2.50 bits per heavy atom. The van der Waals surface area contributed by atoms with Crippen molar-refractivity contribution in [1.29, 1.82) is 0 Å². The van der Waals surface area contributed by atoms with Crippen molar-refractivity contribution in [1.82, 2.24) is 10.2 Å². The molecule has 1 atom stereocenters. The molecule has 0 radical (unpaired) electrons. The lowest BCUT2D eigenvalue weighted by Gasteiger charge is -2.42. The maximum Gasteiger partial charge on any atom is 0.317 e. The number of aliphatic carboxylic acids is 1. The number of benzene rings is 1. The average Bonchev–Trinajstić information content (AvgIpc) is 2.54. The SMILES string of the molecule is CCOC(C(=O)NC1CC(N(CC)CC(=O)O)C1)c1ccccc1. The van der Waals surface area contributed by atoms with Crippen LogP contribution in [0.3, 0.4) is 0 Å². The van der Waals surface area contributed by atoms with Gasteiger partial charge in [0.15, 0.2) is 6.10 Å². The first kappa shape index (κ1) is 18.4. The molecule has 132 valence electrons. The number of carboxylic acid groups (broad SMARTS) is 1. The number of carbonyl (C=O) groups is 2. The van der Waals surface area contributed by atoms with Gasteiger partial charge < -0.3 is 15.2 Å². The molecule has 0 aliphatic heterocycles. The van der Waals surface area contributed by atoms with Gasteiger partial charge in [0, 0.05) is 18.7 Å². The fraction of sp³-hybridized carbons (Fsp3) is 0.556. The highest BCUT2D eigenvalue weighted by atomic mass is 16.5. The van der Waals surface area contributed by atoms with Gasteiger partial charge in [-0.15, -0.1) is 0 Å². The van der Waals surface area contributed by atoms with Crippen LogP contribution in [0.4, 0.5) is 0 Å². The number of nitrogens with one attached hydrogen (secondary N) is 1. The highest BCUT2D eigenvalue weighted by Crippen LogP contribution is 2.27. The number of ether oxygens (including phenoxy) is 1. The summed E-state index contributed by atoms with van der Waals surface area (Å²) in [6.07, 6.45) is 0.956. The number of hydrogen-bond donors (Lipinski definition) is 2. The van der Waals surface area contributed by atoms with E-state index in [1.54, 1.807) is 0 Å². The van der Waals surface area contributed by atoms with Crippen LogP contribution < -0.4 is 5.32 Å². The van der Waals surface area contributed by atoms with E-state index in [2.05, 4.69) is 5.32 Å². The summed E-state index contributed by atoms with van der Waals surface area (Å²) >= 11 is 0. The first-order valence-electron chi connectivity index (χ1n) is 8.47. The Morgan fingerprint density at radius 1 is 1.29 bits per heavy atom. The highest BCUT2D eigenvalue weighted by molar-refractivity contribution is 5.82. The van der Waals surface area contributed by atoms with Gasteiger partial charge in [-0.2, -0.15) is 0 Å². The Morgan fingerprint density at radius 2 is 1.96 bits per heavy atom. The fourth-order valence-electron chi connectivity index (χ4n) is 3.07. The van der Waals surface area contributed by atoms with E-state index < -0.39 is 12.1 Å². The molecule has 1 unspecified atom stereocenters. The van der Waals surface area contributed by atoms with Crippen LogP contribution in [0.5, 0.6) is 0 Å². The van der Waals surface area contributed by atoms with Crippen LogP contribution >= 0.6 is 0 Å². The van der Waals surface area contributed by atoms with E-state index in [0.29, 0.717) is 13.2 Å². The first-order chi connectivity index (χ1) is 11.5. The molecule has 1 aromatic rings. The van der Waals surface area contributed by atoms with Crippen LogP contribution in [0, 0.1) is 0 Å². The van der Waals surface area contributed by atoms with E-state index >= 15 is 0 Å². The van der Waals surface area contributed by atoms with Crippen molar-refractivity contribution in [2.75, 3.05) is 19.7 Å². The number of rotatable bonds is 9. The molecule has 1 amide bonds. The third-order valence-corrected chi connectivity index (χ3v) is 4.39. The summed E-state index contributed by atoms with van der Waals surface area (Å²) in [6, 6.07) is 9.75. The maximum absolute atomic E-state index is 12.5. The molecule has 2 N–H and O–H groups in total. The Labute approximate surface area is 142 Å². The topological polar surface area (TPSA) is 78.9 Å². The van der Waals surface area contributed by atoms with Gasteiger partial charge >= 0.3 is 5.97 Å². The van der Waals surface area contributed by atoms with E-state index in [0.717, 1.165) is 18.4 Å². The summed E-state index contributed by atoms with van der Waals surface area (Å²) in [5, 5.41) is 11.9. The van der Waals surface area contributed by atoms with E-state index in [1.807, 2.05) is 49.1 Å². The predicted molar refractivity (Wildman–Crippen MR) is 90.6 cm³/mol. The Balaban J connectivity index is 1.87. The number of carboxylic acids is 1. The minimum absolute atomic E-state index is 0.0490. The number of likely N-dealkylation sites (N-methyl/N-ethyl adjacent to an activating group) is 1. The van der Waals surface area contributed by atoms with Crippen molar-refractivity contribution in [2.24, 2.45) is 0 Å². The Bertz CT molecular complexity index is 543. The van der Waals surface area contributed by atoms with Gasteiger partial charge in [-0.3, -0.25) is 14.5 Å². The van der Waals surface area contributed by atoms with Gasteiger partial charge in [-0.25, -0.2) is 0 Å². The minimum atomic E-state index is -0.815. The molecule has 1 aliphatic rings. The number of nitrogens with zero attached hydrogens (tertiary/aromatic N) is 1. The van der Waals surface area contributed by atoms with E-state index in [-0.39, 0.29) is 24.5 Å². The summed E-state index contributed by atoms with van der Waals surface area (Å²) in [5.41, 5.74) is 0.841. The summed E-state index contributed by atoms with van der Waals surface area (Å²) in [5.74, 6) is -0.947. The van der Waals surface area contributed by atoms with Crippen LogP contribution in [0.15, 0.2) is 30.3 Å². The van der Waals surface area contributed by atoms with Gasteiger partial charge in [-0.1, -0.05) is 37.3 Å². The van der Waals surface area contributed by atoms with Crippen LogP contribution in [-0.4, -0.2) is 53.7 Å². The van der Waals surface area contributed by atoms with Gasteiger partial charge in [0.1, 0.15) is 0 Å². The highest BCUT2D eigenvalue weighted by Gasteiger charge is 2.36. The molecule has 0 saturated heterocycles. The normalized spacial score (nSPS) is 21.1. The van der Waals surface area contributed by atoms with Crippen molar-refractivity contribution in [3.63, 3.8) is 0 Å². The van der Waals surface area contributed by atoms with Crippen molar-refractivity contribution >= 4 is 11.9 Å². The number of hydrogen-bond acceptors (Lipinski definition) is 4. The molecule has 6 nitrogen and oxygen atoms in total. The van der Waals surface area contributed by atoms with Crippen LogP contribution in [-0.2, 0) is 14.3 Å². The molecular weight excluding hydrogens is 308 g/mol. The zero-order valence-electron chi connectivity index (χ0n) is 14.3. The average molecular weight is 334 g/mol. The third-order valence-electron chi connectivity index (χ3n) is 4.39. The molecule has 6 heteroatoms. The lowest BCUT2D eigenvalue weighted by Crippen LogP contribution is -2.55. The Kier molecular flexibility index (Phi) is 6.75. The van der Waals surface area contributed by atoms with E-state index in [1.165, 1.54) is 0 Å². The molecule has 1 aromatic carbocycles. The molecule has 0 heterocycles. The molecular formula is C18H26N2O4. The van der Waals surface area contributed by atoms with Crippen LogP contribution in [0.1, 0.15) is 38.4 Å². The molecule has 0 aromatic heterocycles. The molecule has 1 aliphatic carbocycles. The maximum atomic E-state index is 12.5. The second-order valence-electron chi connectivity index (χ2n) is 6.03. The lowest BCUT2D eigenvalue weighted by molar-refractivity contribution is -0.140. The Hall–Kier alpha value is -1.92. The smallest absolute Gasteiger partial charge is 0.317 e. The van der Waals surface area contributed by atoms with Gasteiger partial charge in [0.25, 0.3) is 5.91 Å². The predicted octanol–water partition coefficient (Wildman–Crippen LogP) is 1.82. The number of carbonyl (C=O) groups excluding carboxylic acids is 1. The van der Waals surface area contributed by atoms with Crippen molar-refractivity contribution < 1.29 is 19.4 Å². The number of amides is 1. The van der Waals surface area contributed by atoms with Crippen LogP contribution in [0.25, 0.3) is 0 Å². The first-order valence-corrected chi connectivity index (χ1v) is 8.47. The van der Waals surface area contributed by atoms with Crippen molar-refractivity contribution in [3.8, 4) is 0 Å². The van der Waals surface area contributed by atoms with Gasteiger partial charge in [0.2, 0.25) is 0 Å². The minimum Gasteiger partial charge on any atom is -0.480 e. The second-order valence-corrected chi connectivity index (χ2v) is 6.03. The van der Waals surface area contributed by atoms with Gasteiger partial charge in [-0.05, 0) is 31.9 Å². The van der Waals surface area contributed by atoms with Crippen LogP contribution in [0.2, 0.25) is 0 Å². The molecule has 24 heavy (non-hydrogen) atoms. The summed E-state index contributed by atoms with van der Waals surface area (Å²) in [6.45, 7) is 5.03. The molecule has 0 bridgehead atoms. The van der Waals surface area contributed by atoms with Crippen molar-refractivity contribution in [3.05, 3.63) is 35.9 Å². The second kappa shape index (κ2) is 8.80. The monoisotopic (exact) mass is 334 g/mol. The van der Waals surface area contributed by atoms with Crippen molar-refractivity contribution in [2.45, 2.75) is 44.9 Å². The van der Waals surface area contributed by atoms with E-state index in [4.69, 9.17) is 9.84 Å². The largest absolute Gasteiger partial charge is 0.480 e. The standard InChI is InChI=1S/C18H26N2O4/c1-3-20(12-16(21)22)15-10-14(11-15)19-18(23)17(24-4-2)13-8-6-5-7-9-13/h5-9,14-15,17H,3-4,10-12H2,1-2H3,(H,19,23)(H,21,22). The summed E-state index contributed by atoms with van der Waals surface area (Å²) in [4.78, 5) is 25.3. The molecule has 2 rings (SSSR count). The summed E-state index contributed by atoms with van der Waals surface area (Å²) < 4.78 is 5.61. The molecule has 0 spiro atoms. The zero-order valence-corrected chi connectivity index (χ0v) is 14.3. The summed E-state index contributed by atoms with van der Waals surface area (Å²) in [7, 11) is 0.